The molecule has 0 aliphatic carbocycles. The first-order chi connectivity index (χ1) is 12.0. The highest BCUT2D eigenvalue weighted by atomic mass is 19.1. The molecule has 2 rings (SSSR count). The molecule has 25 heavy (non-hydrogen) atoms. The van der Waals surface area contributed by atoms with Crippen LogP contribution in [0.4, 0.5) is 4.39 Å². The number of ether oxygens (including phenoxy) is 3. The summed E-state index contributed by atoms with van der Waals surface area (Å²) in [5, 5.41) is 11.9. The average molecular weight is 344 g/mol. The van der Waals surface area contributed by atoms with Gasteiger partial charge in [0.15, 0.2) is 11.5 Å². The molecule has 0 spiro atoms. The van der Waals surface area contributed by atoms with E-state index in [-0.39, 0.29) is 5.56 Å². The van der Waals surface area contributed by atoms with Crippen LogP contribution in [0.2, 0.25) is 0 Å². The number of nitrogens with zero attached hydrogens (tertiary/aromatic N) is 1. The molecule has 0 aromatic heterocycles. The summed E-state index contributed by atoms with van der Waals surface area (Å²) in [5.41, 5.74) is 0.710. The zero-order valence-electron chi connectivity index (χ0n) is 14.0. The molecule has 0 bridgehead atoms. The predicted octanol–water partition coefficient (Wildman–Crippen LogP) is 2.85. The number of carbonyl (C=O) groups excluding carboxylic acids is 1. The lowest BCUT2D eigenvalue weighted by atomic mass is 10.1. The van der Waals surface area contributed by atoms with Gasteiger partial charge in [0.2, 0.25) is 5.75 Å². The molecule has 2 aromatic carbocycles. The van der Waals surface area contributed by atoms with Gasteiger partial charge in [-0.25, -0.2) is 4.39 Å². The van der Waals surface area contributed by atoms with Gasteiger partial charge in [-0.05, 0) is 29.8 Å². The quantitative estimate of drug-likeness (QED) is 0.871. The first kappa shape index (κ1) is 18.1. The van der Waals surface area contributed by atoms with Crippen LogP contribution in [0.5, 0.6) is 17.2 Å². The third kappa shape index (κ3) is 3.98. The van der Waals surface area contributed by atoms with Crippen LogP contribution < -0.4 is 19.5 Å². The fraction of sp³-hybridized carbons (Fsp3) is 0.222. The lowest BCUT2D eigenvalue weighted by Gasteiger charge is -2.16. The zero-order valence-corrected chi connectivity index (χ0v) is 14.0. The van der Waals surface area contributed by atoms with Gasteiger partial charge >= 0.3 is 0 Å². The van der Waals surface area contributed by atoms with Gasteiger partial charge in [-0.3, -0.25) is 4.79 Å². The van der Waals surface area contributed by atoms with Crippen molar-refractivity contribution in [2.24, 2.45) is 0 Å². The Morgan fingerprint density at radius 2 is 1.64 bits per heavy atom. The molecular formula is C18H17FN2O4. The smallest absolute Gasteiger partial charge is 0.252 e. The Labute approximate surface area is 144 Å². The molecule has 1 atom stereocenters. The summed E-state index contributed by atoms with van der Waals surface area (Å²) in [5.74, 6) is 0.0769. The van der Waals surface area contributed by atoms with Crippen LogP contribution in [0.25, 0.3) is 0 Å². The first-order valence-corrected chi connectivity index (χ1v) is 7.30. The summed E-state index contributed by atoms with van der Waals surface area (Å²) in [4.78, 5) is 12.5. The van der Waals surface area contributed by atoms with E-state index in [4.69, 9.17) is 14.2 Å². The maximum absolute atomic E-state index is 13.0. The van der Waals surface area contributed by atoms with Crippen LogP contribution in [-0.4, -0.2) is 27.2 Å². The van der Waals surface area contributed by atoms with Gasteiger partial charge in [-0.1, -0.05) is 12.1 Å². The van der Waals surface area contributed by atoms with E-state index in [1.165, 1.54) is 57.7 Å². The number of methoxy groups -OCH3 is 3. The molecule has 130 valence electrons. The van der Waals surface area contributed by atoms with E-state index < -0.39 is 17.8 Å². The Hall–Kier alpha value is -3.27. The van der Waals surface area contributed by atoms with Gasteiger partial charge in [-0.2, -0.15) is 5.26 Å². The van der Waals surface area contributed by atoms with Crippen molar-refractivity contribution in [2.45, 2.75) is 6.04 Å². The van der Waals surface area contributed by atoms with E-state index in [9.17, 15) is 14.4 Å². The number of amides is 1. The Morgan fingerprint density at radius 3 is 2.08 bits per heavy atom. The normalized spacial score (nSPS) is 11.2. The summed E-state index contributed by atoms with van der Waals surface area (Å²) in [6.45, 7) is 0. The van der Waals surface area contributed by atoms with Gasteiger partial charge in [0, 0.05) is 5.56 Å². The van der Waals surface area contributed by atoms with Crippen molar-refractivity contribution in [3.05, 3.63) is 53.3 Å². The summed E-state index contributed by atoms with van der Waals surface area (Å²) in [6, 6.07) is 9.36. The lowest BCUT2D eigenvalue weighted by Crippen LogP contribution is -2.27. The number of nitrogens with one attached hydrogen (secondary N) is 1. The molecule has 1 N–H and O–H groups in total. The number of halogens is 1. The summed E-state index contributed by atoms with van der Waals surface area (Å²) in [6.07, 6.45) is 0. The van der Waals surface area contributed by atoms with Gasteiger partial charge in [0.05, 0.1) is 27.4 Å². The molecule has 0 aliphatic heterocycles. The van der Waals surface area contributed by atoms with E-state index in [0.29, 0.717) is 22.8 Å². The molecule has 0 radical (unpaired) electrons. The maximum Gasteiger partial charge on any atom is 0.252 e. The minimum absolute atomic E-state index is 0.233. The van der Waals surface area contributed by atoms with E-state index >= 15 is 0 Å². The summed E-state index contributed by atoms with van der Waals surface area (Å²) < 4.78 is 28.6. The van der Waals surface area contributed by atoms with Crippen LogP contribution in [0.15, 0.2) is 36.4 Å². The second-order valence-electron chi connectivity index (χ2n) is 5.00. The molecule has 0 saturated heterocycles. The van der Waals surface area contributed by atoms with Crippen LogP contribution in [0.1, 0.15) is 22.0 Å². The standard InChI is InChI=1S/C18H17FN2O4/c1-23-15-8-12(9-16(24-2)17(15)25-3)18(22)21-14(10-20)11-4-6-13(19)7-5-11/h4-9,14H,1-3H3,(H,21,22)/t14-/m0/s1. The highest BCUT2D eigenvalue weighted by Crippen LogP contribution is 2.38. The molecule has 0 aliphatic rings. The van der Waals surface area contributed by atoms with Crippen molar-refractivity contribution in [1.82, 2.24) is 5.32 Å². The molecule has 1 amide bonds. The van der Waals surface area contributed by atoms with Crippen LogP contribution >= 0.6 is 0 Å². The Balaban J connectivity index is 2.30. The second-order valence-corrected chi connectivity index (χ2v) is 5.00. The highest BCUT2D eigenvalue weighted by molar-refractivity contribution is 5.96. The Morgan fingerprint density at radius 1 is 1.08 bits per heavy atom. The Bertz CT molecular complexity index is 775. The van der Waals surface area contributed by atoms with E-state index in [0.717, 1.165) is 0 Å². The van der Waals surface area contributed by atoms with Gasteiger partial charge < -0.3 is 19.5 Å². The van der Waals surface area contributed by atoms with Crippen molar-refractivity contribution >= 4 is 5.91 Å². The molecular weight excluding hydrogens is 327 g/mol. The van der Waals surface area contributed by atoms with Crippen molar-refractivity contribution in [1.29, 1.82) is 5.26 Å². The van der Waals surface area contributed by atoms with Gasteiger partial charge in [-0.15, -0.1) is 0 Å². The third-order valence-electron chi connectivity index (χ3n) is 3.53. The minimum Gasteiger partial charge on any atom is -0.493 e. The summed E-state index contributed by atoms with van der Waals surface area (Å²) in [7, 11) is 4.34. The molecule has 0 saturated carbocycles. The van der Waals surface area contributed by atoms with Crippen LogP contribution in [0.3, 0.4) is 0 Å². The maximum atomic E-state index is 13.0. The molecule has 2 aromatic rings. The molecule has 6 nitrogen and oxygen atoms in total. The number of benzene rings is 2. The fourth-order valence-electron chi connectivity index (χ4n) is 2.27. The van der Waals surface area contributed by atoms with Crippen molar-refractivity contribution in [3.63, 3.8) is 0 Å². The van der Waals surface area contributed by atoms with E-state index in [2.05, 4.69) is 5.32 Å². The van der Waals surface area contributed by atoms with Crippen molar-refractivity contribution < 1.29 is 23.4 Å². The highest BCUT2D eigenvalue weighted by Gasteiger charge is 2.20. The minimum atomic E-state index is -0.924. The molecule has 0 unspecified atom stereocenters. The van der Waals surface area contributed by atoms with Gasteiger partial charge in [0.1, 0.15) is 11.9 Å². The molecule has 7 heteroatoms. The topological polar surface area (TPSA) is 80.6 Å². The predicted molar refractivity (Wildman–Crippen MR) is 88.3 cm³/mol. The SMILES string of the molecule is COc1cc(C(=O)N[C@@H](C#N)c2ccc(F)cc2)cc(OC)c1OC. The number of nitriles is 1. The zero-order chi connectivity index (χ0) is 18.4. The number of carbonyl (C=O) groups is 1. The lowest BCUT2D eigenvalue weighted by molar-refractivity contribution is 0.0944. The Kier molecular flexibility index (Phi) is 5.79. The van der Waals surface area contributed by atoms with Crippen molar-refractivity contribution in [2.75, 3.05) is 21.3 Å². The molecule has 0 heterocycles. The summed E-state index contributed by atoms with van der Waals surface area (Å²) >= 11 is 0. The van der Waals surface area contributed by atoms with Crippen LogP contribution in [-0.2, 0) is 0 Å². The largest absolute Gasteiger partial charge is 0.493 e. The van der Waals surface area contributed by atoms with E-state index in [1.807, 2.05) is 6.07 Å². The second kappa shape index (κ2) is 8.02. The van der Waals surface area contributed by atoms with Crippen LogP contribution in [0, 0.1) is 17.1 Å². The number of hydrogen-bond donors (Lipinski definition) is 1. The van der Waals surface area contributed by atoms with Gasteiger partial charge in [0.25, 0.3) is 5.91 Å². The monoisotopic (exact) mass is 344 g/mol. The number of hydrogen-bond acceptors (Lipinski definition) is 5. The average Bonchev–Trinajstić information content (AvgIpc) is 2.65. The van der Waals surface area contributed by atoms with Crippen molar-refractivity contribution in [3.8, 4) is 23.3 Å². The number of rotatable bonds is 6. The van der Waals surface area contributed by atoms with E-state index in [1.54, 1.807) is 0 Å². The fourth-order valence-corrected chi connectivity index (χ4v) is 2.27. The first-order valence-electron chi connectivity index (χ1n) is 7.30. The molecule has 0 fully saturated rings. The third-order valence-corrected chi connectivity index (χ3v) is 3.53.